The second-order valence-electron chi connectivity index (χ2n) is 4.67. The summed E-state index contributed by atoms with van der Waals surface area (Å²) in [6.45, 7) is 2.49. The molecule has 8 heteroatoms. The predicted molar refractivity (Wildman–Crippen MR) is 74.6 cm³/mol. The molecule has 1 saturated carbocycles. The Kier molecular flexibility index (Phi) is 4.53. The van der Waals surface area contributed by atoms with Gasteiger partial charge in [0.15, 0.2) is 0 Å². The minimum atomic E-state index is -3.81. The van der Waals surface area contributed by atoms with Gasteiger partial charge in [0.2, 0.25) is 10.0 Å². The third-order valence-corrected chi connectivity index (χ3v) is 5.14. The van der Waals surface area contributed by atoms with E-state index in [9.17, 15) is 12.8 Å². The molecule has 1 fully saturated rings. The molecular formula is C12H16ClFN2O3S. The number of benzene rings is 1. The van der Waals surface area contributed by atoms with Crippen molar-refractivity contribution in [3.8, 4) is 0 Å². The van der Waals surface area contributed by atoms with Crippen LogP contribution in [-0.2, 0) is 14.8 Å². The van der Waals surface area contributed by atoms with Crippen molar-refractivity contribution in [2.75, 3.05) is 12.3 Å². The Labute approximate surface area is 122 Å². The summed E-state index contributed by atoms with van der Waals surface area (Å²) in [6.07, 6.45) is 1.31. The maximum atomic E-state index is 13.2. The Morgan fingerprint density at radius 2 is 2.15 bits per heavy atom. The molecule has 3 N–H and O–H groups in total. The zero-order chi connectivity index (χ0) is 14.9. The summed E-state index contributed by atoms with van der Waals surface area (Å²) in [5.74, 6) is -0.742. The number of hydrogen-bond donors (Lipinski definition) is 2. The van der Waals surface area contributed by atoms with Crippen molar-refractivity contribution in [1.29, 1.82) is 0 Å². The Bertz CT molecular complexity index is 603. The molecular weight excluding hydrogens is 307 g/mol. The molecule has 0 bridgehead atoms. The number of hydrogen-bond acceptors (Lipinski definition) is 4. The van der Waals surface area contributed by atoms with E-state index >= 15 is 0 Å². The van der Waals surface area contributed by atoms with E-state index in [0.717, 1.165) is 12.1 Å². The van der Waals surface area contributed by atoms with E-state index in [1.807, 2.05) is 6.92 Å². The van der Waals surface area contributed by atoms with Crippen molar-refractivity contribution in [2.45, 2.75) is 36.8 Å². The SMILES string of the molecule is CCOC1CC(NS(=O)(=O)c2cc(N)c(F)cc2Cl)C1. The molecule has 0 aliphatic heterocycles. The third-order valence-electron chi connectivity index (χ3n) is 3.16. The van der Waals surface area contributed by atoms with E-state index in [-0.39, 0.29) is 27.8 Å². The average molecular weight is 323 g/mol. The van der Waals surface area contributed by atoms with Crippen molar-refractivity contribution in [3.05, 3.63) is 23.0 Å². The van der Waals surface area contributed by atoms with Gasteiger partial charge in [0, 0.05) is 12.6 Å². The van der Waals surface area contributed by atoms with Crippen LogP contribution < -0.4 is 10.5 Å². The van der Waals surface area contributed by atoms with Gasteiger partial charge < -0.3 is 10.5 Å². The zero-order valence-electron chi connectivity index (χ0n) is 10.9. The number of ether oxygens (including phenoxy) is 1. The fourth-order valence-corrected chi connectivity index (χ4v) is 3.88. The molecule has 20 heavy (non-hydrogen) atoms. The quantitative estimate of drug-likeness (QED) is 0.811. The zero-order valence-corrected chi connectivity index (χ0v) is 12.5. The lowest BCUT2D eigenvalue weighted by Crippen LogP contribution is -2.47. The molecule has 0 amide bonds. The first-order chi connectivity index (χ1) is 9.33. The lowest BCUT2D eigenvalue weighted by Gasteiger charge is -2.35. The number of halogens is 2. The summed E-state index contributed by atoms with van der Waals surface area (Å²) in [7, 11) is -3.81. The van der Waals surface area contributed by atoms with Crippen molar-refractivity contribution in [2.24, 2.45) is 0 Å². The van der Waals surface area contributed by atoms with Gasteiger partial charge in [-0.15, -0.1) is 0 Å². The molecule has 1 aromatic rings. The number of nitrogens with one attached hydrogen (secondary N) is 1. The second kappa shape index (κ2) is 5.85. The number of anilines is 1. The monoisotopic (exact) mass is 322 g/mol. The van der Waals surface area contributed by atoms with Crippen LogP contribution in [0.25, 0.3) is 0 Å². The van der Waals surface area contributed by atoms with Crippen molar-refractivity contribution in [1.82, 2.24) is 4.72 Å². The lowest BCUT2D eigenvalue weighted by molar-refractivity contribution is -0.00475. The largest absolute Gasteiger partial charge is 0.396 e. The van der Waals surface area contributed by atoms with Crippen LogP contribution in [-0.4, -0.2) is 27.2 Å². The van der Waals surface area contributed by atoms with Crippen LogP contribution in [0.4, 0.5) is 10.1 Å². The summed E-state index contributed by atoms with van der Waals surface area (Å²) < 4.78 is 45.4. The molecule has 0 atom stereocenters. The van der Waals surface area contributed by atoms with Crippen LogP contribution in [0.15, 0.2) is 17.0 Å². The standard InChI is InChI=1S/C12H16ClFN2O3S/c1-2-19-8-3-7(4-8)16-20(17,18)12-6-11(15)10(14)5-9(12)13/h5-8,16H,2-4,15H2,1H3. The summed E-state index contributed by atoms with van der Waals surface area (Å²) >= 11 is 5.77. The van der Waals surface area contributed by atoms with Crippen LogP contribution in [0, 0.1) is 5.82 Å². The summed E-state index contributed by atoms with van der Waals surface area (Å²) in [6, 6.07) is 1.73. The lowest BCUT2D eigenvalue weighted by atomic mass is 9.90. The highest BCUT2D eigenvalue weighted by molar-refractivity contribution is 7.89. The molecule has 0 aromatic heterocycles. The van der Waals surface area contributed by atoms with E-state index in [1.54, 1.807) is 0 Å². The highest BCUT2D eigenvalue weighted by atomic mass is 35.5. The number of rotatable bonds is 5. The van der Waals surface area contributed by atoms with Gasteiger partial charge in [-0.3, -0.25) is 0 Å². The molecule has 0 radical (unpaired) electrons. The Balaban J connectivity index is 2.10. The summed E-state index contributed by atoms with van der Waals surface area (Å²) in [5, 5.41) is -0.190. The van der Waals surface area contributed by atoms with E-state index in [1.165, 1.54) is 0 Å². The maximum absolute atomic E-state index is 13.2. The predicted octanol–water partition coefficient (Wildman–Crippen LogP) is 1.91. The third kappa shape index (κ3) is 3.22. The van der Waals surface area contributed by atoms with Gasteiger partial charge in [-0.25, -0.2) is 17.5 Å². The molecule has 1 aliphatic carbocycles. The molecule has 112 valence electrons. The molecule has 2 rings (SSSR count). The van der Waals surface area contributed by atoms with E-state index in [4.69, 9.17) is 22.1 Å². The highest BCUT2D eigenvalue weighted by Gasteiger charge is 2.34. The van der Waals surface area contributed by atoms with E-state index in [0.29, 0.717) is 19.4 Å². The smallest absolute Gasteiger partial charge is 0.242 e. The summed E-state index contributed by atoms with van der Waals surface area (Å²) in [5.41, 5.74) is 5.13. The van der Waals surface area contributed by atoms with Crippen LogP contribution in [0.2, 0.25) is 5.02 Å². The van der Waals surface area contributed by atoms with Gasteiger partial charge in [-0.2, -0.15) is 0 Å². The van der Waals surface area contributed by atoms with Crippen molar-refractivity contribution >= 4 is 27.3 Å². The van der Waals surface area contributed by atoms with E-state index < -0.39 is 15.8 Å². The molecule has 5 nitrogen and oxygen atoms in total. The fourth-order valence-electron chi connectivity index (χ4n) is 2.07. The van der Waals surface area contributed by atoms with Crippen LogP contribution in [0.3, 0.4) is 0 Å². The normalized spacial score (nSPS) is 22.6. The second-order valence-corrected chi connectivity index (χ2v) is 6.76. The Morgan fingerprint density at radius 3 is 2.75 bits per heavy atom. The molecule has 0 heterocycles. The maximum Gasteiger partial charge on any atom is 0.242 e. The fraction of sp³-hybridized carbons (Fsp3) is 0.500. The minimum Gasteiger partial charge on any atom is -0.396 e. The molecule has 0 saturated heterocycles. The van der Waals surface area contributed by atoms with Crippen LogP contribution >= 0.6 is 11.6 Å². The van der Waals surface area contributed by atoms with Gasteiger partial charge in [0.1, 0.15) is 10.7 Å². The minimum absolute atomic E-state index is 0.0847. The topological polar surface area (TPSA) is 81.4 Å². The highest BCUT2D eigenvalue weighted by Crippen LogP contribution is 2.29. The molecule has 0 unspecified atom stereocenters. The molecule has 1 aliphatic rings. The van der Waals surface area contributed by atoms with Gasteiger partial charge in [0.25, 0.3) is 0 Å². The van der Waals surface area contributed by atoms with Gasteiger partial charge in [-0.05, 0) is 31.9 Å². The van der Waals surface area contributed by atoms with Gasteiger partial charge >= 0.3 is 0 Å². The van der Waals surface area contributed by atoms with Crippen molar-refractivity contribution < 1.29 is 17.5 Å². The Morgan fingerprint density at radius 1 is 1.50 bits per heavy atom. The number of nitrogen functional groups attached to an aromatic ring is 1. The van der Waals surface area contributed by atoms with Crippen LogP contribution in [0.5, 0.6) is 0 Å². The first-order valence-electron chi connectivity index (χ1n) is 6.22. The average Bonchev–Trinajstić information content (AvgIpc) is 2.31. The van der Waals surface area contributed by atoms with Gasteiger partial charge in [0.05, 0.1) is 16.8 Å². The Hall–Kier alpha value is -0.890. The first kappa shape index (κ1) is 15.5. The van der Waals surface area contributed by atoms with Crippen molar-refractivity contribution in [3.63, 3.8) is 0 Å². The first-order valence-corrected chi connectivity index (χ1v) is 8.08. The molecule has 0 spiro atoms. The van der Waals surface area contributed by atoms with E-state index in [2.05, 4.69) is 4.72 Å². The molecule has 1 aromatic carbocycles. The number of nitrogens with two attached hydrogens (primary N) is 1. The van der Waals surface area contributed by atoms with Crippen LogP contribution in [0.1, 0.15) is 19.8 Å². The number of sulfonamides is 1. The van der Waals surface area contributed by atoms with Gasteiger partial charge in [-0.1, -0.05) is 11.6 Å². The summed E-state index contributed by atoms with van der Waals surface area (Å²) in [4.78, 5) is -0.210.